The van der Waals surface area contributed by atoms with E-state index in [-0.39, 0.29) is 6.16 Å². The van der Waals surface area contributed by atoms with E-state index in [1.54, 1.807) is 6.07 Å². The van der Waals surface area contributed by atoms with Crippen molar-refractivity contribution in [2.45, 2.75) is 82.5 Å². The van der Waals surface area contributed by atoms with Crippen molar-refractivity contribution in [1.82, 2.24) is 5.32 Å². The van der Waals surface area contributed by atoms with Gasteiger partial charge in [-0.05, 0) is 48.4 Å². The second kappa shape index (κ2) is 9.60. The van der Waals surface area contributed by atoms with Crippen molar-refractivity contribution in [1.29, 1.82) is 0 Å². The van der Waals surface area contributed by atoms with E-state index < -0.39 is 7.37 Å². The molecule has 156 valence electrons. The topological polar surface area (TPSA) is 49.3 Å². The Labute approximate surface area is 175 Å². The molecule has 0 amide bonds. The van der Waals surface area contributed by atoms with Crippen LogP contribution in [0.25, 0.3) is 11.1 Å². The molecule has 2 fully saturated rings. The van der Waals surface area contributed by atoms with Crippen molar-refractivity contribution in [3.63, 3.8) is 0 Å². The summed E-state index contributed by atoms with van der Waals surface area (Å²) in [6.07, 6.45) is 14.8. The van der Waals surface area contributed by atoms with Crippen LogP contribution in [0.3, 0.4) is 0 Å². The van der Waals surface area contributed by atoms with Gasteiger partial charge in [-0.1, -0.05) is 81.0 Å². The number of nitrogens with one attached hydrogen (secondary N) is 1. The van der Waals surface area contributed by atoms with E-state index in [4.69, 9.17) is 0 Å². The zero-order chi connectivity index (χ0) is 20.1. The summed E-state index contributed by atoms with van der Waals surface area (Å²) in [5.74, 6) is 0. The van der Waals surface area contributed by atoms with Crippen molar-refractivity contribution in [3.8, 4) is 11.1 Å². The first kappa shape index (κ1) is 20.8. The van der Waals surface area contributed by atoms with E-state index in [0.717, 1.165) is 28.8 Å². The van der Waals surface area contributed by atoms with Crippen molar-refractivity contribution in [2.24, 2.45) is 0 Å². The van der Waals surface area contributed by atoms with E-state index in [2.05, 4.69) is 5.32 Å². The average molecular weight is 412 g/mol. The molecule has 0 aromatic heterocycles. The SMILES string of the molecule is C1CCC(NC2CCCCC2)CC1.O=P1(O)Cc2ccccc2-c2ccccc21. The fourth-order valence-electron chi connectivity index (χ4n) is 5.11. The van der Waals surface area contributed by atoms with Gasteiger partial charge in [0.2, 0.25) is 7.37 Å². The summed E-state index contributed by atoms with van der Waals surface area (Å²) < 4.78 is 12.2. The first-order chi connectivity index (χ1) is 14.1. The summed E-state index contributed by atoms with van der Waals surface area (Å²) in [7, 11) is -3.21. The highest BCUT2D eigenvalue weighted by Gasteiger charge is 2.31. The lowest BCUT2D eigenvalue weighted by molar-refractivity contribution is 0.291. The lowest BCUT2D eigenvalue weighted by Gasteiger charge is -2.30. The number of hydrogen-bond acceptors (Lipinski definition) is 2. The molecule has 0 radical (unpaired) electrons. The van der Waals surface area contributed by atoms with Crippen LogP contribution in [0.1, 0.15) is 69.8 Å². The molecule has 0 saturated heterocycles. The van der Waals surface area contributed by atoms with Gasteiger partial charge in [-0.2, -0.15) is 0 Å². The predicted molar refractivity (Wildman–Crippen MR) is 122 cm³/mol. The summed E-state index contributed by atoms with van der Waals surface area (Å²) in [5.41, 5.74) is 2.95. The van der Waals surface area contributed by atoms with E-state index in [9.17, 15) is 9.46 Å². The molecule has 2 aliphatic carbocycles. The number of fused-ring (bicyclic) bond motifs is 3. The molecule has 2 N–H and O–H groups in total. The van der Waals surface area contributed by atoms with E-state index >= 15 is 0 Å². The van der Waals surface area contributed by atoms with Crippen LogP contribution in [-0.4, -0.2) is 17.0 Å². The molecule has 5 rings (SSSR count). The van der Waals surface area contributed by atoms with Gasteiger partial charge in [0, 0.05) is 17.4 Å². The summed E-state index contributed by atoms with van der Waals surface area (Å²) in [6.45, 7) is 0. The van der Waals surface area contributed by atoms with E-state index in [1.807, 2.05) is 42.5 Å². The Morgan fingerprint density at radius 1 is 0.724 bits per heavy atom. The molecule has 2 aromatic rings. The molecule has 1 unspecified atom stereocenters. The van der Waals surface area contributed by atoms with E-state index in [0.29, 0.717) is 5.30 Å². The third-order valence-corrected chi connectivity index (χ3v) is 8.57. The van der Waals surface area contributed by atoms with Gasteiger partial charge in [-0.3, -0.25) is 4.57 Å². The van der Waals surface area contributed by atoms with Crippen LogP contribution < -0.4 is 10.6 Å². The molecule has 1 atom stereocenters. The average Bonchev–Trinajstić information content (AvgIpc) is 2.76. The quantitative estimate of drug-likeness (QED) is 0.596. The molecule has 29 heavy (non-hydrogen) atoms. The monoisotopic (exact) mass is 411 g/mol. The van der Waals surface area contributed by atoms with Gasteiger partial charge in [0.25, 0.3) is 0 Å². The first-order valence-corrected chi connectivity index (χ1v) is 13.2. The molecule has 1 aliphatic heterocycles. The zero-order valence-electron chi connectivity index (χ0n) is 17.4. The standard InChI is InChI=1S/C13H11O2P.C12H23N/c14-16(15)9-10-5-1-2-6-11(10)12-7-3-4-8-13(12)16;1-3-7-11(8-4-1)13-12-9-5-2-6-10-12/h1-8H,9H2,(H,14,15);11-13H,1-10H2. The minimum atomic E-state index is -3.21. The van der Waals surface area contributed by atoms with Crippen molar-refractivity contribution >= 4 is 12.7 Å². The lowest BCUT2D eigenvalue weighted by Crippen LogP contribution is -2.40. The van der Waals surface area contributed by atoms with Crippen molar-refractivity contribution in [2.75, 3.05) is 0 Å². The normalized spacial score (nSPS) is 24.7. The Morgan fingerprint density at radius 2 is 1.24 bits per heavy atom. The highest BCUT2D eigenvalue weighted by atomic mass is 31.2. The molecule has 0 spiro atoms. The number of hydrogen-bond donors (Lipinski definition) is 2. The van der Waals surface area contributed by atoms with Crippen LogP contribution in [0.4, 0.5) is 0 Å². The van der Waals surface area contributed by atoms with Gasteiger partial charge in [-0.15, -0.1) is 0 Å². The van der Waals surface area contributed by atoms with Gasteiger partial charge in [-0.25, -0.2) is 0 Å². The second-order valence-electron chi connectivity index (χ2n) is 8.87. The van der Waals surface area contributed by atoms with Gasteiger partial charge < -0.3 is 10.2 Å². The highest BCUT2D eigenvalue weighted by molar-refractivity contribution is 7.65. The van der Waals surface area contributed by atoms with Crippen LogP contribution in [0, 0.1) is 0 Å². The Bertz CT molecular complexity index is 837. The summed E-state index contributed by atoms with van der Waals surface area (Å²) >= 11 is 0. The van der Waals surface area contributed by atoms with Gasteiger partial charge >= 0.3 is 0 Å². The van der Waals surface area contributed by atoms with Crippen molar-refractivity contribution < 1.29 is 9.46 Å². The smallest absolute Gasteiger partial charge is 0.234 e. The Morgan fingerprint density at radius 3 is 1.86 bits per heavy atom. The zero-order valence-corrected chi connectivity index (χ0v) is 18.2. The maximum Gasteiger partial charge on any atom is 0.234 e. The van der Waals surface area contributed by atoms with Gasteiger partial charge in [0.05, 0.1) is 6.16 Å². The molecule has 1 heterocycles. The minimum absolute atomic E-state index is 0.250. The molecular weight excluding hydrogens is 377 g/mol. The Hall–Kier alpha value is -1.41. The molecule has 2 aromatic carbocycles. The lowest BCUT2D eigenvalue weighted by atomic mass is 9.91. The predicted octanol–water partition coefficient (Wildman–Crippen LogP) is 6.00. The minimum Gasteiger partial charge on any atom is -0.341 e. The molecular formula is C25H34NO2P. The van der Waals surface area contributed by atoms with Crippen LogP contribution in [0.5, 0.6) is 0 Å². The third kappa shape index (κ3) is 5.20. The van der Waals surface area contributed by atoms with Gasteiger partial charge in [0.1, 0.15) is 0 Å². The van der Waals surface area contributed by atoms with Gasteiger partial charge in [0.15, 0.2) is 0 Å². The fraction of sp³-hybridized carbons (Fsp3) is 0.520. The van der Waals surface area contributed by atoms with Crippen LogP contribution in [-0.2, 0) is 10.7 Å². The Kier molecular flexibility index (Phi) is 6.90. The van der Waals surface area contributed by atoms with Crippen LogP contribution in [0.15, 0.2) is 48.5 Å². The maximum absolute atomic E-state index is 12.2. The third-order valence-electron chi connectivity index (χ3n) is 6.65. The number of rotatable bonds is 2. The van der Waals surface area contributed by atoms with Crippen molar-refractivity contribution in [3.05, 3.63) is 54.1 Å². The number of benzene rings is 2. The molecule has 2 saturated carbocycles. The van der Waals surface area contributed by atoms with Crippen LogP contribution in [0.2, 0.25) is 0 Å². The molecule has 3 nitrogen and oxygen atoms in total. The largest absolute Gasteiger partial charge is 0.341 e. The van der Waals surface area contributed by atoms with Crippen LogP contribution >= 0.6 is 7.37 Å². The Balaban J connectivity index is 0.000000145. The first-order valence-electron chi connectivity index (χ1n) is 11.4. The maximum atomic E-state index is 12.2. The fourth-order valence-corrected chi connectivity index (χ4v) is 6.91. The summed E-state index contributed by atoms with van der Waals surface area (Å²) in [6, 6.07) is 16.9. The molecule has 4 heteroatoms. The highest BCUT2D eigenvalue weighted by Crippen LogP contribution is 2.51. The summed E-state index contributed by atoms with van der Waals surface area (Å²) in [4.78, 5) is 10.0. The summed E-state index contributed by atoms with van der Waals surface area (Å²) in [5, 5.41) is 4.45. The second-order valence-corrected chi connectivity index (χ2v) is 11.1. The van der Waals surface area contributed by atoms with E-state index in [1.165, 1.54) is 64.2 Å². The molecule has 3 aliphatic rings. The molecule has 0 bridgehead atoms.